The molecule has 6 heteroatoms. The zero-order valence-corrected chi connectivity index (χ0v) is 12.3. The number of unbranched alkanes of at least 4 members (excludes halogenated alkanes) is 1. The molecule has 0 aromatic carbocycles. The Kier molecular flexibility index (Phi) is 11.0. The SMILES string of the molecule is CCC(O)COC(=O)CCCCC(=O)OCC(O)CC. The van der Waals surface area contributed by atoms with E-state index in [1.165, 1.54) is 0 Å². The first kappa shape index (κ1) is 18.9. The van der Waals surface area contributed by atoms with Crippen LogP contribution in [0.2, 0.25) is 0 Å². The van der Waals surface area contributed by atoms with Crippen molar-refractivity contribution >= 4 is 11.9 Å². The average molecular weight is 290 g/mol. The van der Waals surface area contributed by atoms with Crippen LogP contribution in [0, 0.1) is 0 Å². The summed E-state index contributed by atoms with van der Waals surface area (Å²) in [6.45, 7) is 3.65. The zero-order chi connectivity index (χ0) is 15.4. The quantitative estimate of drug-likeness (QED) is 0.438. The van der Waals surface area contributed by atoms with Gasteiger partial charge in [-0.25, -0.2) is 0 Å². The van der Waals surface area contributed by atoms with Gasteiger partial charge in [0.25, 0.3) is 0 Å². The lowest BCUT2D eigenvalue weighted by Gasteiger charge is -2.09. The molecule has 20 heavy (non-hydrogen) atoms. The fourth-order valence-corrected chi connectivity index (χ4v) is 1.30. The Bertz CT molecular complexity index is 251. The molecular formula is C14H26O6. The van der Waals surface area contributed by atoms with Crippen LogP contribution in [0.25, 0.3) is 0 Å². The molecule has 118 valence electrons. The van der Waals surface area contributed by atoms with Crippen LogP contribution in [0.5, 0.6) is 0 Å². The molecule has 0 saturated carbocycles. The van der Waals surface area contributed by atoms with Gasteiger partial charge in [-0.05, 0) is 25.7 Å². The molecule has 0 aromatic heterocycles. The maximum Gasteiger partial charge on any atom is 0.305 e. The highest BCUT2D eigenvalue weighted by atomic mass is 16.5. The lowest BCUT2D eigenvalue weighted by atomic mass is 10.2. The maximum absolute atomic E-state index is 11.3. The molecule has 0 heterocycles. The van der Waals surface area contributed by atoms with Gasteiger partial charge in [-0.3, -0.25) is 9.59 Å². The van der Waals surface area contributed by atoms with Crippen LogP contribution in [0.3, 0.4) is 0 Å². The third-order valence-electron chi connectivity index (χ3n) is 2.83. The first-order valence-corrected chi connectivity index (χ1v) is 7.16. The molecule has 0 rings (SSSR count). The fraction of sp³-hybridized carbons (Fsp3) is 0.857. The summed E-state index contributed by atoms with van der Waals surface area (Å²) in [5.74, 6) is -0.737. The fourth-order valence-electron chi connectivity index (χ4n) is 1.30. The van der Waals surface area contributed by atoms with Gasteiger partial charge in [0.15, 0.2) is 0 Å². The summed E-state index contributed by atoms with van der Waals surface area (Å²) in [5, 5.41) is 18.4. The number of ether oxygens (including phenoxy) is 2. The van der Waals surface area contributed by atoms with E-state index in [0.717, 1.165) is 0 Å². The second kappa shape index (κ2) is 11.7. The van der Waals surface area contributed by atoms with Gasteiger partial charge in [0.2, 0.25) is 0 Å². The predicted octanol–water partition coefficient (Wildman–Crippen LogP) is 1.17. The summed E-state index contributed by atoms with van der Waals surface area (Å²) in [5.41, 5.74) is 0. The summed E-state index contributed by atoms with van der Waals surface area (Å²) in [4.78, 5) is 22.6. The topological polar surface area (TPSA) is 93.1 Å². The molecule has 2 atom stereocenters. The van der Waals surface area contributed by atoms with Crippen molar-refractivity contribution in [3.05, 3.63) is 0 Å². The lowest BCUT2D eigenvalue weighted by Crippen LogP contribution is -2.18. The minimum absolute atomic E-state index is 0.0201. The van der Waals surface area contributed by atoms with Gasteiger partial charge in [0.1, 0.15) is 13.2 Å². The Morgan fingerprint density at radius 2 is 1.20 bits per heavy atom. The van der Waals surface area contributed by atoms with Gasteiger partial charge in [0.05, 0.1) is 12.2 Å². The van der Waals surface area contributed by atoms with Crippen molar-refractivity contribution < 1.29 is 29.3 Å². The van der Waals surface area contributed by atoms with Crippen molar-refractivity contribution in [2.75, 3.05) is 13.2 Å². The highest BCUT2D eigenvalue weighted by molar-refractivity contribution is 5.70. The number of aliphatic hydroxyl groups excluding tert-OH is 2. The lowest BCUT2D eigenvalue weighted by molar-refractivity contribution is -0.148. The summed E-state index contributed by atoms with van der Waals surface area (Å²) >= 11 is 0. The Hall–Kier alpha value is -1.14. The van der Waals surface area contributed by atoms with E-state index in [1.807, 2.05) is 0 Å². The highest BCUT2D eigenvalue weighted by Gasteiger charge is 2.09. The summed E-state index contributed by atoms with van der Waals surface area (Å²) in [6, 6.07) is 0. The van der Waals surface area contributed by atoms with E-state index in [1.54, 1.807) is 13.8 Å². The smallest absolute Gasteiger partial charge is 0.305 e. The number of rotatable bonds is 11. The molecule has 0 saturated heterocycles. The molecule has 0 aliphatic rings. The van der Waals surface area contributed by atoms with E-state index < -0.39 is 12.2 Å². The monoisotopic (exact) mass is 290 g/mol. The summed E-state index contributed by atoms with van der Waals surface area (Å²) in [6.07, 6.45) is 1.38. The number of aliphatic hydroxyl groups is 2. The van der Waals surface area contributed by atoms with Crippen molar-refractivity contribution in [1.82, 2.24) is 0 Å². The van der Waals surface area contributed by atoms with Crippen molar-refractivity contribution in [3.63, 3.8) is 0 Å². The van der Waals surface area contributed by atoms with Crippen LogP contribution in [0.4, 0.5) is 0 Å². The van der Waals surface area contributed by atoms with Crippen LogP contribution >= 0.6 is 0 Å². The number of esters is 2. The van der Waals surface area contributed by atoms with Crippen molar-refractivity contribution in [3.8, 4) is 0 Å². The third kappa shape index (κ3) is 10.8. The van der Waals surface area contributed by atoms with Crippen LogP contribution < -0.4 is 0 Å². The van der Waals surface area contributed by atoms with Gasteiger partial charge in [-0.2, -0.15) is 0 Å². The molecule has 6 nitrogen and oxygen atoms in total. The van der Waals surface area contributed by atoms with Crippen molar-refractivity contribution in [2.45, 2.75) is 64.6 Å². The molecule has 0 amide bonds. The molecule has 0 aromatic rings. The number of carbonyl (C=O) groups excluding carboxylic acids is 2. The first-order valence-electron chi connectivity index (χ1n) is 7.16. The predicted molar refractivity (Wildman–Crippen MR) is 73.0 cm³/mol. The minimum atomic E-state index is -0.612. The van der Waals surface area contributed by atoms with Crippen LogP contribution in [-0.4, -0.2) is 47.6 Å². The first-order chi connectivity index (χ1) is 9.49. The molecule has 0 fully saturated rings. The number of hydrogen-bond donors (Lipinski definition) is 2. The van der Waals surface area contributed by atoms with Gasteiger partial charge in [0, 0.05) is 12.8 Å². The van der Waals surface area contributed by atoms with E-state index >= 15 is 0 Å². The van der Waals surface area contributed by atoms with E-state index in [9.17, 15) is 19.8 Å². The summed E-state index contributed by atoms with van der Waals surface area (Å²) in [7, 11) is 0. The van der Waals surface area contributed by atoms with Crippen LogP contribution in [0.1, 0.15) is 52.4 Å². The van der Waals surface area contributed by atoms with Crippen LogP contribution in [-0.2, 0) is 19.1 Å². The molecule has 0 aliphatic carbocycles. The second-order valence-electron chi connectivity index (χ2n) is 4.70. The molecule has 0 spiro atoms. The Balaban J connectivity index is 3.51. The summed E-state index contributed by atoms with van der Waals surface area (Å²) < 4.78 is 9.71. The van der Waals surface area contributed by atoms with E-state index in [-0.39, 0.29) is 38.0 Å². The Morgan fingerprint density at radius 3 is 1.50 bits per heavy atom. The minimum Gasteiger partial charge on any atom is -0.463 e. The molecule has 2 unspecified atom stereocenters. The molecule has 2 N–H and O–H groups in total. The van der Waals surface area contributed by atoms with Gasteiger partial charge in [-0.15, -0.1) is 0 Å². The molecule has 0 radical (unpaired) electrons. The second-order valence-corrected chi connectivity index (χ2v) is 4.70. The van der Waals surface area contributed by atoms with Crippen molar-refractivity contribution in [2.24, 2.45) is 0 Å². The van der Waals surface area contributed by atoms with Gasteiger partial charge < -0.3 is 19.7 Å². The normalized spacial score (nSPS) is 13.6. The Morgan fingerprint density at radius 1 is 0.850 bits per heavy atom. The molecular weight excluding hydrogens is 264 g/mol. The molecule has 0 bridgehead atoms. The standard InChI is InChI=1S/C14H26O6/c1-3-11(15)9-19-13(17)7-5-6-8-14(18)20-10-12(16)4-2/h11-12,15-16H,3-10H2,1-2H3. The number of hydrogen-bond acceptors (Lipinski definition) is 6. The van der Waals surface area contributed by atoms with Crippen LogP contribution in [0.15, 0.2) is 0 Å². The van der Waals surface area contributed by atoms with E-state index in [4.69, 9.17) is 9.47 Å². The Labute approximate surface area is 120 Å². The van der Waals surface area contributed by atoms with E-state index in [2.05, 4.69) is 0 Å². The highest BCUT2D eigenvalue weighted by Crippen LogP contribution is 2.04. The van der Waals surface area contributed by atoms with E-state index in [0.29, 0.717) is 25.7 Å². The number of carbonyl (C=O) groups is 2. The molecule has 0 aliphatic heterocycles. The largest absolute Gasteiger partial charge is 0.463 e. The third-order valence-corrected chi connectivity index (χ3v) is 2.83. The maximum atomic E-state index is 11.3. The zero-order valence-electron chi connectivity index (χ0n) is 12.3. The van der Waals surface area contributed by atoms with Gasteiger partial charge in [-0.1, -0.05) is 13.8 Å². The average Bonchev–Trinajstić information content (AvgIpc) is 2.46. The van der Waals surface area contributed by atoms with Crippen molar-refractivity contribution in [1.29, 1.82) is 0 Å². The van der Waals surface area contributed by atoms with Gasteiger partial charge >= 0.3 is 11.9 Å².